The summed E-state index contributed by atoms with van der Waals surface area (Å²) in [6.07, 6.45) is 13.8. The molecule has 2 heterocycles. The number of rotatable bonds is 15. The number of nitrogens with one attached hydrogen (secondary N) is 2. The molecule has 1 amide bonds. The van der Waals surface area contributed by atoms with Gasteiger partial charge in [-0.25, -0.2) is 5.10 Å². The van der Waals surface area contributed by atoms with Gasteiger partial charge in [-0.1, -0.05) is 101 Å². The first-order chi connectivity index (χ1) is 18.8. The molecule has 8 nitrogen and oxygen atoms in total. The molecule has 0 aliphatic carbocycles. The Morgan fingerprint density at radius 3 is 2.32 bits per heavy atom. The van der Waals surface area contributed by atoms with Crippen LogP contribution >= 0.6 is 0 Å². The number of hydrogen-bond acceptors (Lipinski definition) is 5. The number of benzene rings is 2. The van der Waals surface area contributed by atoms with Crippen LogP contribution in [0, 0.1) is 0 Å². The lowest BCUT2D eigenvalue weighted by molar-refractivity contribution is -0.109. The third-order valence-electron chi connectivity index (χ3n) is 6.47. The highest BCUT2D eigenvalue weighted by Crippen LogP contribution is 2.29. The van der Waals surface area contributed by atoms with Gasteiger partial charge in [-0.2, -0.15) is 5.10 Å². The third-order valence-corrected chi connectivity index (χ3v) is 6.47. The second kappa shape index (κ2) is 16.8. The molecule has 0 unspecified atom stereocenters. The summed E-state index contributed by atoms with van der Waals surface area (Å²) in [6.45, 7) is 6.07. The van der Waals surface area contributed by atoms with Crippen molar-refractivity contribution in [2.45, 2.75) is 78.2 Å². The molecular formula is C30H41N7O. The molecule has 8 heteroatoms. The number of carbonyl (C=O) groups is 1. The number of aromatic amines is 1. The zero-order chi connectivity index (χ0) is 26.8. The van der Waals surface area contributed by atoms with Gasteiger partial charge in [-0.15, -0.1) is 5.10 Å². The summed E-state index contributed by atoms with van der Waals surface area (Å²) >= 11 is 0. The Kier molecular flexibility index (Phi) is 12.7. The summed E-state index contributed by atoms with van der Waals surface area (Å²) in [7, 11) is 0. The molecule has 202 valence electrons. The van der Waals surface area contributed by atoms with E-state index in [-0.39, 0.29) is 0 Å². The van der Waals surface area contributed by atoms with Crippen LogP contribution in [0.3, 0.4) is 0 Å². The number of carbonyl (C=O) groups excluding carboxylic acids is 1. The molecule has 0 saturated heterocycles. The van der Waals surface area contributed by atoms with Crippen LogP contribution in [0.15, 0.2) is 60.8 Å². The van der Waals surface area contributed by atoms with Gasteiger partial charge < -0.3 is 5.32 Å². The zero-order valence-corrected chi connectivity index (χ0v) is 22.8. The molecule has 0 bridgehead atoms. The minimum absolute atomic E-state index is 0.673. The van der Waals surface area contributed by atoms with E-state index in [9.17, 15) is 4.79 Å². The molecular weight excluding hydrogens is 474 g/mol. The van der Waals surface area contributed by atoms with Crippen LogP contribution in [0.4, 0.5) is 0 Å². The molecule has 0 aliphatic heterocycles. The number of tetrazole rings is 1. The lowest BCUT2D eigenvalue weighted by Crippen LogP contribution is -2.11. The Bertz CT molecular complexity index is 1170. The third kappa shape index (κ3) is 9.25. The highest BCUT2D eigenvalue weighted by atomic mass is 16.1. The van der Waals surface area contributed by atoms with E-state index in [1.165, 1.54) is 56.2 Å². The van der Waals surface area contributed by atoms with Crippen LogP contribution in [-0.2, 0) is 17.8 Å². The summed E-state index contributed by atoms with van der Waals surface area (Å²) < 4.78 is 2.10. The highest BCUT2D eigenvalue weighted by molar-refractivity contribution is 5.80. The van der Waals surface area contributed by atoms with Gasteiger partial charge in [0, 0.05) is 24.0 Å². The largest absolute Gasteiger partial charge is 0.359 e. The van der Waals surface area contributed by atoms with E-state index in [1.807, 2.05) is 24.4 Å². The second-order valence-corrected chi connectivity index (χ2v) is 9.42. The minimum atomic E-state index is 0.673. The molecule has 0 fully saturated rings. The molecule has 2 aromatic heterocycles. The van der Waals surface area contributed by atoms with E-state index in [4.69, 9.17) is 0 Å². The first-order valence-corrected chi connectivity index (χ1v) is 13.9. The molecule has 2 aromatic carbocycles. The smallest absolute Gasteiger partial charge is 0.207 e. The average Bonchev–Trinajstić information content (AvgIpc) is 3.65. The predicted octanol–water partition coefficient (Wildman–Crippen LogP) is 6.21. The zero-order valence-electron chi connectivity index (χ0n) is 22.8. The van der Waals surface area contributed by atoms with Crippen molar-refractivity contribution >= 4 is 6.41 Å². The number of amides is 1. The number of unbranched alkanes of at least 4 members (excludes halogenated alkanes) is 6. The Labute approximate surface area is 226 Å². The van der Waals surface area contributed by atoms with Gasteiger partial charge in [-0.05, 0) is 52.4 Å². The van der Waals surface area contributed by atoms with Gasteiger partial charge in [0.1, 0.15) is 0 Å². The fourth-order valence-electron chi connectivity index (χ4n) is 4.32. The van der Waals surface area contributed by atoms with Gasteiger partial charge >= 0.3 is 0 Å². The van der Waals surface area contributed by atoms with E-state index in [0.717, 1.165) is 49.0 Å². The number of aromatic nitrogens is 6. The summed E-state index contributed by atoms with van der Waals surface area (Å²) in [5, 5.41) is 21.4. The van der Waals surface area contributed by atoms with E-state index in [0.29, 0.717) is 5.82 Å². The van der Waals surface area contributed by atoms with Crippen LogP contribution in [0.25, 0.3) is 22.5 Å². The van der Waals surface area contributed by atoms with Gasteiger partial charge in [-0.3, -0.25) is 9.48 Å². The fourth-order valence-corrected chi connectivity index (χ4v) is 4.32. The molecule has 38 heavy (non-hydrogen) atoms. The molecule has 0 aliphatic rings. The van der Waals surface area contributed by atoms with Crippen LogP contribution in [0.2, 0.25) is 0 Å². The summed E-state index contributed by atoms with van der Waals surface area (Å²) in [6, 6.07) is 18.9. The highest BCUT2D eigenvalue weighted by Gasteiger charge is 2.10. The quantitative estimate of drug-likeness (QED) is 0.145. The van der Waals surface area contributed by atoms with Crippen molar-refractivity contribution in [3.05, 3.63) is 72.1 Å². The van der Waals surface area contributed by atoms with Gasteiger partial charge in [0.05, 0.1) is 6.54 Å². The molecule has 0 radical (unpaired) electrons. The number of aryl methyl sites for hydroxylation is 1. The van der Waals surface area contributed by atoms with Crippen molar-refractivity contribution in [1.29, 1.82) is 0 Å². The van der Waals surface area contributed by atoms with Crippen LogP contribution in [0.1, 0.15) is 76.5 Å². The Balaban J connectivity index is 0.000000310. The monoisotopic (exact) mass is 515 g/mol. The Hall–Kier alpha value is -3.81. The molecule has 0 atom stereocenters. The summed E-state index contributed by atoms with van der Waals surface area (Å²) in [5.41, 5.74) is 5.76. The van der Waals surface area contributed by atoms with Crippen LogP contribution < -0.4 is 5.32 Å². The maximum atomic E-state index is 9.83. The number of H-pyrrole nitrogens is 1. The Morgan fingerprint density at radius 1 is 0.868 bits per heavy atom. The summed E-state index contributed by atoms with van der Waals surface area (Å²) in [5.74, 6) is 0.673. The van der Waals surface area contributed by atoms with E-state index in [1.54, 1.807) is 0 Å². The van der Waals surface area contributed by atoms with Gasteiger partial charge in [0.15, 0.2) is 5.82 Å². The minimum Gasteiger partial charge on any atom is -0.359 e. The maximum Gasteiger partial charge on any atom is 0.207 e. The molecule has 0 spiro atoms. The lowest BCUT2D eigenvalue weighted by Gasteiger charge is -2.10. The molecule has 4 aromatic rings. The number of hydrogen-bond donors (Lipinski definition) is 2. The summed E-state index contributed by atoms with van der Waals surface area (Å²) in [4.78, 5) is 9.83. The standard InChI is InChI=1S/C21H22N6.C9H19NO/c1-2-3-6-18-13-14-22-27(18)15-16-9-11-17(12-10-16)19-7-4-5-8-20(19)21-23-25-26-24-21;1-2-3-4-5-6-7-8-10-9-11/h4-5,7-14H,2-3,6,15H2,1H3,(H,23,24,25,26);9H,2-8H2,1H3,(H,10,11). The maximum absolute atomic E-state index is 9.83. The average molecular weight is 516 g/mol. The van der Waals surface area contributed by atoms with Crippen molar-refractivity contribution in [3.63, 3.8) is 0 Å². The van der Waals surface area contributed by atoms with Gasteiger partial charge in [0.25, 0.3) is 0 Å². The Morgan fingerprint density at radius 2 is 1.61 bits per heavy atom. The topological polar surface area (TPSA) is 101 Å². The fraction of sp³-hybridized carbons (Fsp3) is 0.433. The van der Waals surface area contributed by atoms with Crippen molar-refractivity contribution in [2.75, 3.05) is 6.54 Å². The first-order valence-electron chi connectivity index (χ1n) is 13.9. The molecule has 2 N–H and O–H groups in total. The normalized spacial score (nSPS) is 10.6. The van der Waals surface area contributed by atoms with Crippen LogP contribution in [0.5, 0.6) is 0 Å². The van der Waals surface area contributed by atoms with E-state index < -0.39 is 0 Å². The number of nitrogens with zero attached hydrogens (tertiary/aromatic N) is 5. The lowest BCUT2D eigenvalue weighted by atomic mass is 9.98. The van der Waals surface area contributed by atoms with Crippen molar-refractivity contribution in [1.82, 2.24) is 35.7 Å². The second-order valence-electron chi connectivity index (χ2n) is 9.42. The van der Waals surface area contributed by atoms with Crippen molar-refractivity contribution in [3.8, 4) is 22.5 Å². The van der Waals surface area contributed by atoms with E-state index >= 15 is 0 Å². The van der Waals surface area contributed by atoms with E-state index in [2.05, 4.69) is 86.0 Å². The predicted molar refractivity (Wildman–Crippen MR) is 152 cm³/mol. The SMILES string of the molecule is CCCCCCCCNC=O.CCCCc1ccnn1Cc1ccc(-c2ccccc2-c2nnn[nH]2)cc1. The van der Waals surface area contributed by atoms with Crippen molar-refractivity contribution < 1.29 is 4.79 Å². The molecule has 0 saturated carbocycles. The van der Waals surface area contributed by atoms with Crippen LogP contribution in [-0.4, -0.2) is 43.4 Å². The first kappa shape index (κ1) is 28.8. The van der Waals surface area contributed by atoms with Crippen molar-refractivity contribution in [2.24, 2.45) is 0 Å². The van der Waals surface area contributed by atoms with Gasteiger partial charge in [0.2, 0.25) is 6.41 Å². The molecule has 4 rings (SSSR count).